The van der Waals surface area contributed by atoms with Gasteiger partial charge in [-0.1, -0.05) is 13.8 Å². The first-order valence-electron chi connectivity index (χ1n) is 6.15. The molecule has 1 aromatic heterocycles. The van der Waals surface area contributed by atoms with Gasteiger partial charge in [-0.05, 0) is 35.0 Å². The van der Waals surface area contributed by atoms with E-state index in [9.17, 15) is 4.39 Å². The van der Waals surface area contributed by atoms with Crippen molar-refractivity contribution in [1.29, 1.82) is 0 Å². The number of nitrogens with zero attached hydrogens (tertiary/aromatic N) is 2. The van der Waals surface area contributed by atoms with Gasteiger partial charge in [0.15, 0.2) is 0 Å². The van der Waals surface area contributed by atoms with E-state index in [1.165, 1.54) is 6.07 Å². The fourth-order valence-corrected chi connectivity index (χ4v) is 1.79. The molecule has 0 bridgehead atoms. The molecule has 2 rings (SSSR count). The van der Waals surface area contributed by atoms with Crippen LogP contribution in [0.1, 0.15) is 31.2 Å². The van der Waals surface area contributed by atoms with Gasteiger partial charge in [0.25, 0.3) is 0 Å². The number of rotatable bonds is 3. The molecule has 106 valence electrons. The average Bonchev–Trinajstić information content (AvgIpc) is 2.38. The van der Waals surface area contributed by atoms with Crippen molar-refractivity contribution >= 4 is 21.7 Å². The third-order valence-corrected chi connectivity index (χ3v) is 3.42. The molecule has 0 aliphatic heterocycles. The summed E-state index contributed by atoms with van der Waals surface area (Å²) in [5.41, 5.74) is 6.49. The summed E-state index contributed by atoms with van der Waals surface area (Å²) in [6.45, 7) is 5.70. The van der Waals surface area contributed by atoms with Gasteiger partial charge in [0, 0.05) is 12.0 Å². The van der Waals surface area contributed by atoms with Crippen molar-refractivity contribution in [2.75, 3.05) is 5.73 Å². The zero-order valence-electron chi connectivity index (χ0n) is 11.4. The van der Waals surface area contributed by atoms with Crippen molar-refractivity contribution in [3.63, 3.8) is 0 Å². The highest BCUT2D eigenvalue weighted by atomic mass is 79.9. The molecule has 0 unspecified atom stereocenters. The first kappa shape index (κ1) is 14.7. The van der Waals surface area contributed by atoms with Crippen molar-refractivity contribution in [2.24, 2.45) is 0 Å². The summed E-state index contributed by atoms with van der Waals surface area (Å²) in [5, 5.41) is 0. The summed E-state index contributed by atoms with van der Waals surface area (Å²) in [4.78, 5) is 8.54. The maximum atomic E-state index is 13.5. The third kappa shape index (κ3) is 3.07. The topological polar surface area (TPSA) is 61.0 Å². The van der Waals surface area contributed by atoms with Crippen LogP contribution in [0.5, 0.6) is 11.6 Å². The largest absolute Gasteiger partial charge is 0.438 e. The zero-order chi connectivity index (χ0) is 14.9. The van der Waals surface area contributed by atoms with Crippen molar-refractivity contribution in [3.8, 4) is 11.6 Å². The van der Waals surface area contributed by atoms with E-state index in [0.717, 1.165) is 0 Å². The monoisotopic (exact) mass is 339 g/mol. The van der Waals surface area contributed by atoms with Crippen LogP contribution >= 0.6 is 15.9 Å². The molecule has 4 nitrogen and oxygen atoms in total. The summed E-state index contributed by atoms with van der Waals surface area (Å²) in [5.74, 6) is 1.41. The van der Waals surface area contributed by atoms with Crippen molar-refractivity contribution < 1.29 is 9.13 Å². The van der Waals surface area contributed by atoms with Gasteiger partial charge >= 0.3 is 0 Å². The number of nitrogen functional groups attached to an aromatic ring is 1. The number of halogens is 2. The van der Waals surface area contributed by atoms with Gasteiger partial charge in [0.1, 0.15) is 23.2 Å². The molecule has 2 N–H and O–H groups in total. The lowest BCUT2D eigenvalue weighted by molar-refractivity contribution is 0.448. The van der Waals surface area contributed by atoms with Crippen LogP contribution in [0.2, 0.25) is 0 Å². The van der Waals surface area contributed by atoms with Gasteiger partial charge in [0.05, 0.1) is 10.0 Å². The van der Waals surface area contributed by atoms with Gasteiger partial charge < -0.3 is 10.5 Å². The number of benzene rings is 1. The van der Waals surface area contributed by atoms with Gasteiger partial charge in [-0.25, -0.2) is 9.37 Å². The number of aromatic nitrogens is 2. The second-order valence-electron chi connectivity index (χ2n) is 4.73. The third-order valence-electron chi connectivity index (χ3n) is 2.78. The fraction of sp³-hybridized carbons (Fsp3) is 0.286. The van der Waals surface area contributed by atoms with Crippen LogP contribution in [0.25, 0.3) is 0 Å². The Morgan fingerprint density at radius 1 is 1.30 bits per heavy atom. The van der Waals surface area contributed by atoms with E-state index < -0.39 is 5.82 Å². The maximum absolute atomic E-state index is 13.5. The standard InChI is InChI=1S/C14H15BrFN3O/c1-7(2)13-18-12(17)8(3)14(19-13)20-9-4-5-10(15)11(16)6-9/h4-7H,1-3H3,(H2,17,18,19). The average molecular weight is 340 g/mol. The molecule has 0 aliphatic carbocycles. The van der Waals surface area contributed by atoms with E-state index in [1.807, 2.05) is 13.8 Å². The van der Waals surface area contributed by atoms with Crippen LogP contribution in [0.3, 0.4) is 0 Å². The molecule has 0 saturated carbocycles. The quantitative estimate of drug-likeness (QED) is 0.910. The van der Waals surface area contributed by atoms with Crippen molar-refractivity contribution in [2.45, 2.75) is 26.7 Å². The van der Waals surface area contributed by atoms with E-state index in [4.69, 9.17) is 10.5 Å². The number of hydrogen-bond acceptors (Lipinski definition) is 4. The molecule has 0 spiro atoms. The predicted molar refractivity (Wildman–Crippen MR) is 79.4 cm³/mol. The minimum Gasteiger partial charge on any atom is -0.438 e. The van der Waals surface area contributed by atoms with Gasteiger partial charge in [-0.15, -0.1) is 0 Å². The summed E-state index contributed by atoms with van der Waals surface area (Å²) in [6.07, 6.45) is 0. The second kappa shape index (κ2) is 5.75. The van der Waals surface area contributed by atoms with Crippen LogP contribution in [-0.2, 0) is 0 Å². The SMILES string of the molecule is Cc1c(N)nc(C(C)C)nc1Oc1ccc(Br)c(F)c1. The minimum atomic E-state index is -0.397. The highest BCUT2D eigenvalue weighted by Gasteiger charge is 2.13. The molecule has 20 heavy (non-hydrogen) atoms. The Morgan fingerprint density at radius 2 is 2.00 bits per heavy atom. The molecule has 6 heteroatoms. The highest BCUT2D eigenvalue weighted by molar-refractivity contribution is 9.10. The number of hydrogen-bond donors (Lipinski definition) is 1. The molecule has 1 aromatic carbocycles. The normalized spacial score (nSPS) is 10.9. The molecular formula is C14H15BrFN3O. The van der Waals surface area contributed by atoms with E-state index >= 15 is 0 Å². The molecule has 0 saturated heterocycles. The van der Waals surface area contributed by atoms with Gasteiger partial charge in [-0.2, -0.15) is 4.98 Å². The Morgan fingerprint density at radius 3 is 2.60 bits per heavy atom. The molecule has 0 fully saturated rings. The Labute approximate surface area is 125 Å². The van der Waals surface area contributed by atoms with Crippen LogP contribution in [-0.4, -0.2) is 9.97 Å². The first-order valence-corrected chi connectivity index (χ1v) is 6.94. The van der Waals surface area contributed by atoms with E-state index in [0.29, 0.717) is 33.3 Å². The number of ether oxygens (including phenoxy) is 1. The summed E-state index contributed by atoms with van der Waals surface area (Å²) < 4.78 is 19.5. The number of nitrogens with two attached hydrogens (primary N) is 1. The molecule has 2 aromatic rings. The fourth-order valence-electron chi connectivity index (χ4n) is 1.54. The van der Waals surface area contributed by atoms with Crippen molar-refractivity contribution in [3.05, 3.63) is 39.9 Å². The molecule has 0 aliphatic rings. The smallest absolute Gasteiger partial charge is 0.227 e. The molecule has 0 amide bonds. The van der Waals surface area contributed by atoms with E-state index in [1.54, 1.807) is 19.1 Å². The highest BCUT2D eigenvalue weighted by Crippen LogP contribution is 2.29. The molecule has 1 heterocycles. The number of anilines is 1. The molecule has 0 radical (unpaired) electrons. The second-order valence-corrected chi connectivity index (χ2v) is 5.58. The van der Waals surface area contributed by atoms with Crippen LogP contribution < -0.4 is 10.5 Å². The zero-order valence-corrected chi connectivity index (χ0v) is 13.0. The predicted octanol–water partition coefficient (Wildman–Crippen LogP) is 4.18. The minimum absolute atomic E-state index is 0.127. The van der Waals surface area contributed by atoms with E-state index in [2.05, 4.69) is 25.9 Å². The van der Waals surface area contributed by atoms with Crippen LogP contribution in [0, 0.1) is 12.7 Å². The first-order chi connectivity index (χ1) is 9.38. The van der Waals surface area contributed by atoms with Crippen molar-refractivity contribution in [1.82, 2.24) is 9.97 Å². The Balaban J connectivity index is 2.39. The lowest BCUT2D eigenvalue weighted by Crippen LogP contribution is -2.06. The molecule has 0 atom stereocenters. The lowest BCUT2D eigenvalue weighted by atomic mass is 10.2. The lowest BCUT2D eigenvalue weighted by Gasteiger charge is -2.12. The summed E-state index contributed by atoms with van der Waals surface area (Å²) in [7, 11) is 0. The maximum Gasteiger partial charge on any atom is 0.227 e. The van der Waals surface area contributed by atoms with Crippen LogP contribution in [0.15, 0.2) is 22.7 Å². The molecular weight excluding hydrogens is 325 g/mol. The summed E-state index contributed by atoms with van der Waals surface area (Å²) >= 11 is 3.10. The Kier molecular flexibility index (Phi) is 4.23. The van der Waals surface area contributed by atoms with Gasteiger partial charge in [0.2, 0.25) is 5.88 Å². The van der Waals surface area contributed by atoms with Crippen LogP contribution in [0.4, 0.5) is 10.2 Å². The Bertz CT molecular complexity index is 647. The Hall–Kier alpha value is -1.69. The summed E-state index contributed by atoms with van der Waals surface area (Å²) in [6, 6.07) is 4.52. The van der Waals surface area contributed by atoms with E-state index in [-0.39, 0.29) is 5.92 Å². The van der Waals surface area contributed by atoms with Gasteiger partial charge in [-0.3, -0.25) is 0 Å².